The van der Waals surface area contributed by atoms with Gasteiger partial charge in [-0.3, -0.25) is 10.1 Å². The number of rotatable bonds is 6. The number of hydrogen-bond donors (Lipinski definition) is 2. The first-order valence-electron chi connectivity index (χ1n) is 6.18. The molecule has 1 aromatic carbocycles. The highest BCUT2D eigenvalue weighted by molar-refractivity contribution is 5.66. The summed E-state index contributed by atoms with van der Waals surface area (Å²) in [6.07, 6.45) is 1.17. The van der Waals surface area contributed by atoms with Crippen molar-refractivity contribution in [3.8, 4) is 0 Å². The lowest BCUT2D eigenvalue weighted by atomic mass is 10.2. The minimum atomic E-state index is -0.527. The van der Waals surface area contributed by atoms with Crippen LogP contribution in [0.15, 0.2) is 30.5 Å². The van der Waals surface area contributed by atoms with E-state index in [0.29, 0.717) is 18.2 Å². The van der Waals surface area contributed by atoms with Crippen LogP contribution in [0.1, 0.15) is 5.56 Å². The van der Waals surface area contributed by atoms with Gasteiger partial charge in [0.1, 0.15) is 6.20 Å². The maximum absolute atomic E-state index is 11.0. The fourth-order valence-electron chi connectivity index (χ4n) is 1.76. The summed E-state index contributed by atoms with van der Waals surface area (Å²) in [5.74, 6) is 0.435. The molecule has 0 unspecified atom stereocenters. The van der Waals surface area contributed by atoms with Crippen LogP contribution in [0.25, 0.3) is 0 Å². The maximum atomic E-state index is 11.0. The third-order valence-corrected chi connectivity index (χ3v) is 2.69. The van der Waals surface area contributed by atoms with Crippen molar-refractivity contribution in [3.05, 3.63) is 46.1 Å². The van der Waals surface area contributed by atoms with Crippen LogP contribution < -0.4 is 10.6 Å². The normalized spacial score (nSPS) is 10.2. The number of aromatic nitrogens is 2. The Kier molecular flexibility index (Phi) is 4.62. The summed E-state index contributed by atoms with van der Waals surface area (Å²) in [6.45, 7) is 0.461. The Morgan fingerprint density at radius 3 is 2.90 bits per heavy atom. The van der Waals surface area contributed by atoms with Gasteiger partial charge in [-0.15, -0.1) is 0 Å². The van der Waals surface area contributed by atoms with Gasteiger partial charge in [0.25, 0.3) is 0 Å². The predicted molar refractivity (Wildman–Crippen MR) is 78.7 cm³/mol. The number of ether oxygens (including phenoxy) is 1. The molecule has 0 fully saturated rings. The van der Waals surface area contributed by atoms with Crippen molar-refractivity contribution in [3.63, 3.8) is 0 Å². The summed E-state index contributed by atoms with van der Waals surface area (Å²) in [6, 6.07) is 7.38. The zero-order chi connectivity index (χ0) is 15.2. The molecule has 8 nitrogen and oxygen atoms in total. The summed E-state index contributed by atoms with van der Waals surface area (Å²) >= 11 is 0. The molecule has 0 aliphatic rings. The average molecular weight is 289 g/mol. The minimum absolute atomic E-state index is 0.133. The van der Waals surface area contributed by atoms with E-state index in [2.05, 4.69) is 20.6 Å². The Morgan fingerprint density at radius 2 is 2.24 bits per heavy atom. The predicted octanol–water partition coefficient (Wildman–Crippen LogP) is 2.32. The average Bonchev–Trinajstić information content (AvgIpc) is 2.47. The van der Waals surface area contributed by atoms with E-state index in [1.165, 1.54) is 6.20 Å². The second-order valence-corrected chi connectivity index (χ2v) is 4.19. The Balaban J connectivity index is 2.33. The highest BCUT2D eigenvalue weighted by Gasteiger charge is 2.17. The van der Waals surface area contributed by atoms with E-state index in [0.717, 1.165) is 5.56 Å². The Labute approximate surface area is 121 Å². The number of nitrogens with one attached hydrogen (secondary N) is 2. The fraction of sp³-hybridized carbons (Fsp3) is 0.231. The molecular formula is C13H15N5O3. The first kappa shape index (κ1) is 14.7. The molecule has 0 atom stereocenters. The monoisotopic (exact) mass is 289 g/mol. The van der Waals surface area contributed by atoms with E-state index in [4.69, 9.17) is 4.74 Å². The van der Waals surface area contributed by atoms with Crippen molar-refractivity contribution in [2.75, 3.05) is 24.8 Å². The number of methoxy groups -OCH3 is 1. The molecule has 0 aliphatic carbocycles. The largest absolute Gasteiger partial charge is 0.380 e. The number of anilines is 3. The summed E-state index contributed by atoms with van der Waals surface area (Å²) < 4.78 is 5.06. The molecule has 0 saturated heterocycles. The van der Waals surface area contributed by atoms with Crippen LogP contribution in [0, 0.1) is 10.1 Å². The van der Waals surface area contributed by atoms with Gasteiger partial charge in [0.2, 0.25) is 11.8 Å². The van der Waals surface area contributed by atoms with Crippen molar-refractivity contribution in [1.82, 2.24) is 9.97 Å². The highest BCUT2D eigenvalue weighted by atomic mass is 16.6. The molecular weight excluding hydrogens is 274 g/mol. The Bertz CT molecular complexity index is 647. The zero-order valence-electron chi connectivity index (χ0n) is 11.7. The molecule has 0 spiro atoms. The highest BCUT2D eigenvalue weighted by Crippen LogP contribution is 2.26. The van der Waals surface area contributed by atoms with Gasteiger partial charge in [0.05, 0.1) is 11.5 Å². The molecule has 0 bridgehead atoms. The molecule has 1 aromatic heterocycles. The van der Waals surface area contributed by atoms with Crippen LogP contribution in [0.5, 0.6) is 0 Å². The Morgan fingerprint density at radius 1 is 1.43 bits per heavy atom. The molecule has 0 saturated carbocycles. The number of hydrogen-bond acceptors (Lipinski definition) is 7. The fourth-order valence-corrected chi connectivity index (χ4v) is 1.76. The van der Waals surface area contributed by atoms with Crippen LogP contribution in [0.4, 0.5) is 23.1 Å². The van der Waals surface area contributed by atoms with Crippen LogP contribution >= 0.6 is 0 Å². The van der Waals surface area contributed by atoms with Gasteiger partial charge in [-0.25, -0.2) is 4.98 Å². The zero-order valence-corrected chi connectivity index (χ0v) is 11.7. The van der Waals surface area contributed by atoms with E-state index in [1.807, 2.05) is 18.2 Å². The summed E-state index contributed by atoms with van der Waals surface area (Å²) in [4.78, 5) is 18.4. The standard InChI is InChI=1S/C13H15N5O3/c1-14-13-15-7-11(18(19)20)12(17-13)16-10-5-3-4-9(6-10)8-21-2/h3-7H,8H2,1-2H3,(H2,14,15,16,17). The third-order valence-electron chi connectivity index (χ3n) is 2.69. The second-order valence-electron chi connectivity index (χ2n) is 4.19. The van der Waals surface area contributed by atoms with Gasteiger partial charge in [-0.2, -0.15) is 4.98 Å². The molecule has 0 radical (unpaired) electrons. The third kappa shape index (κ3) is 3.63. The summed E-state index contributed by atoms with van der Waals surface area (Å²) in [5, 5.41) is 16.7. The first-order valence-corrected chi connectivity index (χ1v) is 6.18. The molecule has 1 heterocycles. The van der Waals surface area contributed by atoms with Gasteiger partial charge in [0, 0.05) is 19.8 Å². The maximum Gasteiger partial charge on any atom is 0.329 e. The van der Waals surface area contributed by atoms with Gasteiger partial charge in [0.15, 0.2) is 0 Å². The lowest BCUT2D eigenvalue weighted by Crippen LogP contribution is -2.04. The molecule has 2 N–H and O–H groups in total. The van der Waals surface area contributed by atoms with Crippen molar-refractivity contribution < 1.29 is 9.66 Å². The van der Waals surface area contributed by atoms with Gasteiger partial charge in [-0.1, -0.05) is 12.1 Å². The van der Waals surface area contributed by atoms with E-state index in [9.17, 15) is 10.1 Å². The molecule has 110 valence electrons. The quantitative estimate of drug-likeness (QED) is 0.621. The Hall–Kier alpha value is -2.74. The van der Waals surface area contributed by atoms with Crippen LogP contribution in [-0.2, 0) is 11.3 Å². The summed E-state index contributed by atoms with van der Waals surface area (Å²) in [5.41, 5.74) is 1.45. The molecule has 0 amide bonds. The van der Waals surface area contributed by atoms with E-state index in [1.54, 1.807) is 20.2 Å². The molecule has 21 heavy (non-hydrogen) atoms. The summed E-state index contributed by atoms with van der Waals surface area (Å²) in [7, 11) is 3.25. The van der Waals surface area contributed by atoms with Crippen molar-refractivity contribution in [2.24, 2.45) is 0 Å². The molecule has 0 aliphatic heterocycles. The van der Waals surface area contributed by atoms with Crippen molar-refractivity contribution in [1.29, 1.82) is 0 Å². The van der Waals surface area contributed by atoms with Crippen molar-refractivity contribution >= 4 is 23.1 Å². The topological polar surface area (TPSA) is 102 Å². The first-order chi connectivity index (χ1) is 10.1. The lowest BCUT2D eigenvalue weighted by Gasteiger charge is -2.09. The molecule has 2 aromatic rings. The lowest BCUT2D eigenvalue weighted by molar-refractivity contribution is -0.384. The van der Waals surface area contributed by atoms with Crippen LogP contribution in [-0.4, -0.2) is 29.0 Å². The number of benzene rings is 1. The van der Waals surface area contributed by atoms with Crippen LogP contribution in [0.3, 0.4) is 0 Å². The van der Waals surface area contributed by atoms with Gasteiger partial charge >= 0.3 is 5.69 Å². The second kappa shape index (κ2) is 6.62. The smallest absolute Gasteiger partial charge is 0.329 e. The van der Waals surface area contributed by atoms with Crippen LogP contribution in [0.2, 0.25) is 0 Å². The minimum Gasteiger partial charge on any atom is -0.380 e. The SMILES string of the molecule is CNc1ncc([N+](=O)[O-])c(Nc2cccc(COC)c2)n1. The number of nitro groups is 1. The van der Waals surface area contributed by atoms with E-state index in [-0.39, 0.29) is 11.5 Å². The molecule has 2 rings (SSSR count). The van der Waals surface area contributed by atoms with E-state index >= 15 is 0 Å². The van der Waals surface area contributed by atoms with E-state index < -0.39 is 4.92 Å². The number of nitrogens with zero attached hydrogens (tertiary/aromatic N) is 3. The molecule has 8 heteroatoms. The van der Waals surface area contributed by atoms with Gasteiger partial charge < -0.3 is 15.4 Å². The van der Waals surface area contributed by atoms with Gasteiger partial charge in [-0.05, 0) is 17.7 Å². The van der Waals surface area contributed by atoms with Crippen molar-refractivity contribution in [2.45, 2.75) is 6.61 Å².